The van der Waals surface area contributed by atoms with Crippen molar-refractivity contribution in [3.8, 4) is 11.1 Å². The number of ether oxygens (including phenoxy) is 2. The number of carbonyl (C=O) groups is 2. The van der Waals surface area contributed by atoms with Crippen molar-refractivity contribution >= 4 is 12.1 Å². The molecular weight excluding hydrogens is 370 g/mol. The van der Waals surface area contributed by atoms with Gasteiger partial charge in [-0.3, -0.25) is 0 Å². The third kappa shape index (κ3) is 5.15. The predicted molar refractivity (Wildman–Crippen MR) is 110 cm³/mol. The highest BCUT2D eigenvalue weighted by Crippen LogP contribution is 2.44. The molecule has 0 aliphatic heterocycles. The SMILES string of the molecule is CC(C)CCOCC(NC(=O)OCC1c2ccccc2-c2ccccc21)C(=O)O. The Morgan fingerprint density at radius 2 is 1.62 bits per heavy atom. The van der Waals surface area contributed by atoms with Gasteiger partial charge in [-0.15, -0.1) is 0 Å². The number of carboxylic acids is 1. The Kier molecular flexibility index (Phi) is 6.88. The molecule has 2 N–H and O–H groups in total. The Bertz CT molecular complexity index is 818. The van der Waals surface area contributed by atoms with Gasteiger partial charge < -0.3 is 19.9 Å². The van der Waals surface area contributed by atoms with Crippen LogP contribution < -0.4 is 5.32 Å². The van der Waals surface area contributed by atoms with Crippen LogP contribution in [0.5, 0.6) is 0 Å². The summed E-state index contributed by atoms with van der Waals surface area (Å²) in [7, 11) is 0. The van der Waals surface area contributed by atoms with Gasteiger partial charge in [-0.25, -0.2) is 9.59 Å². The molecule has 1 aliphatic carbocycles. The largest absolute Gasteiger partial charge is 0.480 e. The van der Waals surface area contributed by atoms with E-state index in [2.05, 4.69) is 31.3 Å². The maximum atomic E-state index is 12.2. The zero-order valence-corrected chi connectivity index (χ0v) is 16.8. The van der Waals surface area contributed by atoms with Gasteiger partial charge in [0.25, 0.3) is 0 Å². The van der Waals surface area contributed by atoms with Crippen molar-refractivity contribution in [2.75, 3.05) is 19.8 Å². The average Bonchev–Trinajstić information content (AvgIpc) is 3.02. The van der Waals surface area contributed by atoms with E-state index in [-0.39, 0.29) is 19.1 Å². The van der Waals surface area contributed by atoms with E-state index in [0.29, 0.717) is 12.5 Å². The topological polar surface area (TPSA) is 84.9 Å². The van der Waals surface area contributed by atoms with E-state index in [0.717, 1.165) is 28.7 Å². The van der Waals surface area contributed by atoms with Crippen LogP contribution in [0.3, 0.4) is 0 Å². The van der Waals surface area contributed by atoms with Gasteiger partial charge in [0.05, 0.1) is 6.61 Å². The van der Waals surface area contributed by atoms with Gasteiger partial charge >= 0.3 is 12.1 Å². The van der Waals surface area contributed by atoms with Gasteiger partial charge in [0.1, 0.15) is 6.61 Å². The summed E-state index contributed by atoms with van der Waals surface area (Å²) in [6.07, 6.45) is 0.0730. The molecule has 0 heterocycles. The molecule has 2 aromatic carbocycles. The van der Waals surface area contributed by atoms with E-state index in [1.807, 2.05) is 36.4 Å². The van der Waals surface area contributed by atoms with Gasteiger partial charge in [-0.1, -0.05) is 62.4 Å². The number of fused-ring (bicyclic) bond motifs is 3. The number of rotatable bonds is 9. The fourth-order valence-corrected chi connectivity index (χ4v) is 3.48. The molecule has 1 atom stereocenters. The third-order valence-electron chi connectivity index (χ3n) is 5.06. The lowest BCUT2D eigenvalue weighted by molar-refractivity contribution is -0.141. The molecule has 2 aromatic rings. The first-order chi connectivity index (χ1) is 14.0. The minimum absolute atomic E-state index is 0.0706. The summed E-state index contributed by atoms with van der Waals surface area (Å²) in [6.45, 7) is 4.63. The summed E-state index contributed by atoms with van der Waals surface area (Å²) < 4.78 is 10.8. The Morgan fingerprint density at radius 1 is 1.03 bits per heavy atom. The highest BCUT2D eigenvalue weighted by Gasteiger charge is 2.29. The highest BCUT2D eigenvalue weighted by atomic mass is 16.5. The molecule has 0 saturated heterocycles. The van der Waals surface area contributed by atoms with Crippen molar-refractivity contribution in [2.45, 2.75) is 32.2 Å². The molecule has 154 valence electrons. The van der Waals surface area contributed by atoms with Crippen LogP contribution in [0.2, 0.25) is 0 Å². The summed E-state index contributed by atoms with van der Waals surface area (Å²) in [6, 6.07) is 14.9. The van der Waals surface area contributed by atoms with Crippen molar-refractivity contribution in [3.63, 3.8) is 0 Å². The average molecular weight is 397 g/mol. The number of benzene rings is 2. The van der Waals surface area contributed by atoms with E-state index < -0.39 is 18.1 Å². The first-order valence-electron chi connectivity index (χ1n) is 9.89. The maximum Gasteiger partial charge on any atom is 0.407 e. The standard InChI is InChI=1S/C23H27NO5/c1-15(2)11-12-28-14-21(22(25)26)24-23(27)29-13-20-18-9-5-3-7-16(18)17-8-4-6-10-19(17)20/h3-10,15,20-21H,11-14H2,1-2H3,(H,24,27)(H,25,26). The molecule has 0 spiro atoms. The monoisotopic (exact) mass is 397 g/mol. The molecule has 6 nitrogen and oxygen atoms in total. The third-order valence-corrected chi connectivity index (χ3v) is 5.06. The normalized spacial score (nSPS) is 13.6. The Labute approximate surface area is 170 Å². The molecule has 1 amide bonds. The van der Waals surface area contributed by atoms with Crippen LogP contribution in [0.15, 0.2) is 48.5 Å². The van der Waals surface area contributed by atoms with Crippen molar-refractivity contribution in [1.82, 2.24) is 5.32 Å². The zero-order valence-electron chi connectivity index (χ0n) is 16.8. The van der Waals surface area contributed by atoms with Crippen molar-refractivity contribution in [2.24, 2.45) is 5.92 Å². The second-order valence-corrected chi connectivity index (χ2v) is 7.62. The molecule has 0 radical (unpaired) electrons. The molecule has 0 bridgehead atoms. The first kappa shape index (κ1) is 20.9. The van der Waals surface area contributed by atoms with E-state index in [1.165, 1.54) is 0 Å². The summed E-state index contributed by atoms with van der Waals surface area (Å²) in [5.41, 5.74) is 4.49. The van der Waals surface area contributed by atoms with Crippen LogP contribution in [0.1, 0.15) is 37.3 Å². The van der Waals surface area contributed by atoms with Crippen LogP contribution in [-0.4, -0.2) is 43.0 Å². The minimum atomic E-state index is -1.15. The van der Waals surface area contributed by atoms with Gasteiger partial charge in [0.15, 0.2) is 6.04 Å². The predicted octanol–water partition coefficient (Wildman–Crippen LogP) is 4.04. The summed E-state index contributed by atoms with van der Waals surface area (Å²) in [5, 5.41) is 11.7. The molecule has 0 saturated carbocycles. The van der Waals surface area contributed by atoms with Crippen molar-refractivity contribution < 1.29 is 24.2 Å². The van der Waals surface area contributed by atoms with Crippen molar-refractivity contribution in [3.05, 3.63) is 59.7 Å². The van der Waals surface area contributed by atoms with E-state index in [9.17, 15) is 14.7 Å². The van der Waals surface area contributed by atoms with Crippen LogP contribution in [0.4, 0.5) is 4.79 Å². The fourth-order valence-electron chi connectivity index (χ4n) is 3.48. The summed E-state index contributed by atoms with van der Waals surface area (Å²) >= 11 is 0. The number of hydrogen-bond acceptors (Lipinski definition) is 4. The van der Waals surface area contributed by atoms with Gasteiger partial charge in [0, 0.05) is 12.5 Å². The molecule has 3 rings (SSSR count). The second-order valence-electron chi connectivity index (χ2n) is 7.62. The van der Waals surface area contributed by atoms with Crippen molar-refractivity contribution in [1.29, 1.82) is 0 Å². The van der Waals surface area contributed by atoms with Gasteiger partial charge in [-0.05, 0) is 34.6 Å². The van der Waals surface area contributed by atoms with E-state index in [4.69, 9.17) is 9.47 Å². The fraction of sp³-hybridized carbons (Fsp3) is 0.391. The Morgan fingerprint density at radius 3 is 2.17 bits per heavy atom. The molecule has 1 aliphatic rings. The summed E-state index contributed by atoms with van der Waals surface area (Å²) in [4.78, 5) is 23.6. The lowest BCUT2D eigenvalue weighted by Gasteiger charge is -2.17. The first-order valence-corrected chi connectivity index (χ1v) is 9.89. The molecular formula is C23H27NO5. The van der Waals surface area contributed by atoms with Gasteiger partial charge in [-0.2, -0.15) is 0 Å². The number of nitrogens with one attached hydrogen (secondary N) is 1. The zero-order chi connectivity index (χ0) is 20.8. The highest BCUT2D eigenvalue weighted by molar-refractivity contribution is 5.81. The lowest BCUT2D eigenvalue weighted by Crippen LogP contribution is -2.44. The van der Waals surface area contributed by atoms with Crippen LogP contribution in [0.25, 0.3) is 11.1 Å². The number of amides is 1. The molecule has 29 heavy (non-hydrogen) atoms. The van der Waals surface area contributed by atoms with E-state index >= 15 is 0 Å². The Hall–Kier alpha value is -2.86. The summed E-state index contributed by atoms with van der Waals surface area (Å²) in [5.74, 6) is -0.754. The number of hydrogen-bond donors (Lipinski definition) is 2. The smallest absolute Gasteiger partial charge is 0.407 e. The Balaban J connectivity index is 1.58. The lowest BCUT2D eigenvalue weighted by atomic mass is 9.98. The number of aliphatic carboxylic acids is 1. The molecule has 6 heteroatoms. The van der Waals surface area contributed by atoms with Crippen LogP contribution in [0, 0.1) is 5.92 Å². The molecule has 1 unspecified atom stereocenters. The quantitative estimate of drug-likeness (QED) is 0.624. The second kappa shape index (κ2) is 9.56. The maximum absolute atomic E-state index is 12.2. The van der Waals surface area contributed by atoms with Gasteiger partial charge in [0.2, 0.25) is 0 Å². The van der Waals surface area contributed by atoms with E-state index in [1.54, 1.807) is 0 Å². The number of alkyl carbamates (subject to hydrolysis) is 1. The number of carboxylic acid groups (broad SMARTS) is 1. The van der Waals surface area contributed by atoms with Crippen LogP contribution >= 0.6 is 0 Å². The number of carbonyl (C=O) groups excluding carboxylic acids is 1. The molecule has 0 fully saturated rings. The van der Waals surface area contributed by atoms with Crippen LogP contribution in [-0.2, 0) is 14.3 Å². The minimum Gasteiger partial charge on any atom is -0.480 e. The molecule has 0 aromatic heterocycles.